The Balaban J connectivity index is 2.04. The molecule has 0 aliphatic rings. The number of amides is 1. The Morgan fingerprint density at radius 1 is 1.14 bits per heavy atom. The van der Waals surface area contributed by atoms with Gasteiger partial charge in [-0.05, 0) is 80.5 Å². The number of phenols is 1. The minimum absolute atomic E-state index is 0.0849. The zero-order valence-electron chi connectivity index (χ0n) is 10.9. The van der Waals surface area contributed by atoms with Crippen LogP contribution in [0.1, 0.15) is 10.4 Å². The van der Waals surface area contributed by atoms with Crippen LogP contribution in [0.2, 0.25) is 5.02 Å². The van der Waals surface area contributed by atoms with Crippen molar-refractivity contribution in [2.45, 2.75) is 0 Å². The Labute approximate surface area is 154 Å². The van der Waals surface area contributed by atoms with E-state index in [2.05, 4.69) is 42.5 Å². The second-order valence-corrected chi connectivity index (χ2v) is 6.76. The summed E-state index contributed by atoms with van der Waals surface area (Å²) in [5, 5.41) is 15.8. The number of carbonyl (C=O) groups is 1. The summed E-state index contributed by atoms with van der Waals surface area (Å²) >= 11 is 17.3. The molecule has 0 bridgehead atoms. The van der Waals surface area contributed by atoms with E-state index in [1.54, 1.807) is 36.4 Å². The smallest absolute Gasteiger partial charge is 0.257 e. The van der Waals surface area contributed by atoms with Gasteiger partial charge in [0.25, 0.3) is 5.91 Å². The van der Waals surface area contributed by atoms with E-state index in [4.69, 9.17) is 23.8 Å². The largest absolute Gasteiger partial charge is 0.506 e. The molecule has 22 heavy (non-hydrogen) atoms. The molecule has 2 aromatic carbocycles. The molecule has 1 amide bonds. The van der Waals surface area contributed by atoms with Gasteiger partial charge in [-0.3, -0.25) is 10.1 Å². The number of aromatic hydroxyl groups is 1. The quantitative estimate of drug-likeness (QED) is 0.446. The van der Waals surface area contributed by atoms with Crippen LogP contribution < -0.4 is 10.6 Å². The fourth-order valence-corrected chi connectivity index (χ4v) is 3.10. The average Bonchev–Trinajstić information content (AvgIpc) is 2.45. The number of thiocarbonyl (C=S) groups is 1. The third kappa shape index (κ3) is 4.42. The molecule has 0 saturated carbocycles. The van der Waals surface area contributed by atoms with Crippen molar-refractivity contribution in [2.75, 3.05) is 5.32 Å². The summed E-state index contributed by atoms with van der Waals surface area (Å²) in [6, 6.07) is 9.74. The number of hydrogen-bond acceptors (Lipinski definition) is 3. The first-order valence-corrected chi connectivity index (χ1v) is 8.30. The van der Waals surface area contributed by atoms with Gasteiger partial charge in [0, 0.05) is 16.3 Å². The molecule has 0 spiro atoms. The molecule has 4 nitrogen and oxygen atoms in total. The van der Waals surface area contributed by atoms with Gasteiger partial charge in [0.05, 0.1) is 8.95 Å². The normalized spacial score (nSPS) is 10.1. The van der Waals surface area contributed by atoms with Gasteiger partial charge < -0.3 is 10.4 Å². The molecular formula is C14H9Br2ClN2O2S. The summed E-state index contributed by atoms with van der Waals surface area (Å²) in [6.07, 6.45) is 0. The van der Waals surface area contributed by atoms with E-state index >= 15 is 0 Å². The molecule has 0 radical (unpaired) electrons. The van der Waals surface area contributed by atoms with Crippen molar-refractivity contribution in [1.82, 2.24) is 5.32 Å². The molecule has 0 saturated heterocycles. The van der Waals surface area contributed by atoms with E-state index in [0.29, 0.717) is 25.2 Å². The summed E-state index contributed by atoms with van der Waals surface area (Å²) < 4.78 is 0.993. The summed E-state index contributed by atoms with van der Waals surface area (Å²) in [5.41, 5.74) is 1.06. The third-order valence-electron chi connectivity index (χ3n) is 2.61. The Morgan fingerprint density at radius 3 is 2.23 bits per heavy atom. The molecule has 0 heterocycles. The monoisotopic (exact) mass is 462 g/mol. The SMILES string of the molecule is O=C(NC(=S)Nc1cc(Br)c(O)c(Br)c1)c1ccc(Cl)cc1. The van der Waals surface area contributed by atoms with Crippen LogP contribution in [0.15, 0.2) is 45.3 Å². The first kappa shape index (κ1) is 17.2. The lowest BCUT2D eigenvalue weighted by molar-refractivity contribution is 0.0977. The standard InChI is InChI=1S/C14H9Br2ClN2O2S/c15-10-5-9(6-11(16)12(10)20)18-14(22)19-13(21)7-1-3-8(17)4-2-7/h1-6,20H,(H2,18,19,21,22). The minimum atomic E-state index is -0.342. The van der Waals surface area contributed by atoms with Gasteiger partial charge in [0.15, 0.2) is 5.11 Å². The predicted octanol–water partition coefficient (Wildman–Crippen LogP) is 4.70. The van der Waals surface area contributed by atoms with Crippen molar-refractivity contribution in [3.8, 4) is 5.75 Å². The van der Waals surface area contributed by atoms with Crippen LogP contribution in [0.5, 0.6) is 5.75 Å². The second-order valence-electron chi connectivity index (χ2n) is 4.20. The predicted molar refractivity (Wildman–Crippen MR) is 98.6 cm³/mol. The number of carbonyl (C=O) groups excluding carboxylic acids is 1. The molecule has 0 fully saturated rings. The molecule has 0 aliphatic heterocycles. The Kier molecular flexibility index (Phi) is 5.80. The molecule has 114 valence electrons. The lowest BCUT2D eigenvalue weighted by Crippen LogP contribution is -2.34. The fourth-order valence-electron chi connectivity index (χ4n) is 1.58. The van der Waals surface area contributed by atoms with Crippen LogP contribution >= 0.6 is 55.7 Å². The highest BCUT2D eigenvalue weighted by molar-refractivity contribution is 9.11. The van der Waals surface area contributed by atoms with Crippen molar-refractivity contribution in [1.29, 1.82) is 0 Å². The van der Waals surface area contributed by atoms with Crippen LogP contribution in [0, 0.1) is 0 Å². The lowest BCUT2D eigenvalue weighted by Gasteiger charge is -2.11. The molecule has 2 aromatic rings. The van der Waals surface area contributed by atoms with E-state index in [1.165, 1.54) is 0 Å². The summed E-state index contributed by atoms with van der Waals surface area (Å²) in [7, 11) is 0. The number of anilines is 1. The zero-order valence-corrected chi connectivity index (χ0v) is 15.6. The highest BCUT2D eigenvalue weighted by Gasteiger charge is 2.10. The molecular weight excluding hydrogens is 455 g/mol. The Morgan fingerprint density at radius 2 is 1.68 bits per heavy atom. The second kappa shape index (κ2) is 7.41. The van der Waals surface area contributed by atoms with Gasteiger partial charge in [-0.25, -0.2) is 0 Å². The maximum absolute atomic E-state index is 12.0. The first-order valence-electron chi connectivity index (χ1n) is 5.92. The Bertz CT molecular complexity index is 715. The van der Waals surface area contributed by atoms with E-state index in [1.807, 2.05) is 0 Å². The number of nitrogens with one attached hydrogen (secondary N) is 2. The lowest BCUT2D eigenvalue weighted by atomic mass is 10.2. The van der Waals surface area contributed by atoms with Crippen LogP contribution in [-0.2, 0) is 0 Å². The highest BCUT2D eigenvalue weighted by Crippen LogP contribution is 2.35. The van der Waals surface area contributed by atoms with Crippen molar-refractivity contribution in [3.05, 3.63) is 55.9 Å². The number of benzene rings is 2. The van der Waals surface area contributed by atoms with Crippen molar-refractivity contribution >= 4 is 72.4 Å². The summed E-state index contributed by atoms with van der Waals surface area (Å²) in [4.78, 5) is 12.0. The topological polar surface area (TPSA) is 61.4 Å². The Hall–Kier alpha value is -1.15. The van der Waals surface area contributed by atoms with Gasteiger partial charge in [0.2, 0.25) is 0 Å². The summed E-state index contributed by atoms with van der Waals surface area (Å²) in [6.45, 7) is 0. The summed E-state index contributed by atoms with van der Waals surface area (Å²) in [5.74, 6) is -0.257. The van der Waals surface area contributed by atoms with E-state index in [0.717, 1.165) is 0 Å². The molecule has 0 atom stereocenters. The molecule has 0 aliphatic carbocycles. The maximum Gasteiger partial charge on any atom is 0.257 e. The fraction of sp³-hybridized carbons (Fsp3) is 0. The number of phenolic OH excluding ortho intramolecular Hbond substituents is 1. The number of hydrogen-bond donors (Lipinski definition) is 3. The maximum atomic E-state index is 12.0. The van der Waals surface area contributed by atoms with Gasteiger partial charge in [-0.2, -0.15) is 0 Å². The van der Waals surface area contributed by atoms with Gasteiger partial charge in [-0.15, -0.1) is 0 Å². The number of halogens is 3. The first-order chi connectivity index (χ1) is 10.4. The third-order valence-corrected chi connectivity index (χ3v) is 4.27. The minimum Gasteiger partial charge on any atom is -0.506 e. The van der Waals surface area contributed by atoms with Gasteiger partial charge in [-0.1, -0.05) is 11.6 Å². The number of rotatable bonds is 2. The molecule has 0 unspecified atom stereocenters. The van der Waals surface area contributed by atoms with Gasteiger partial charge in [0.1, 0.15) is 5.75 Å². The average molecular weight is 465 g/mol. The van der Waals surface area contributed by atoms with E-state index in [-0.39, 0.29) is 16.8 Å². The van der Waals surface area contributed by atoms with Crippen LogP contribution in [0.25, 0.3) is 0 Å². The molecule has 0 aromatic heterocycles. The zero-order chi connectivity index (χ0) is 16.3. The molecule has 3 N–H and O–H groups in total. The van der Waals surface area contributed by atoms with E-state index < -0.39 is 0 Å². The molecule has 8 heteroatoms. The van der Waals surface area contributed by atoms with Gasteiger partial charge >= 0.3 is 0 Å². The molecule has 2 rings (SSSR count). The van der Waals surface area contributed by atoms with Crippen LogP contribution in [0.3, 0.4) is 0 Å². The van der Waals surface area contributed by atoms with Crippen molar-refractivity contribution in [3.63, 3.8) is 0 Å². The van der Waals surface area contributed by atoms with Crippen LogP contribution in [-0.4, -0.2) is 16.1 Å². The highest BCUT2D eigenvalue weighted by atomic mass is 79.9. The van der Waals surface area contributed by atoms with Crippen molar-refractivity contribution < 1.29 is 9.90 Å². The van der Waals surface area contributed by atoms with E-state index in [9.17, 15) is 9.90 Å². The van der Waals surface area contributed by atoms with Crippen LogP contribution in [0.4, 0.5) is 5.69 Å². The van der Waals surface area contributed by atoms with Crippen molar-refractivity contribution in [2.24, 2.45) is 0 Å².